The number of hydrogen-bond donors (Lipinski definition) is 1. The molecule has 0 aliphatic carbocycles. The molecule has 1 fully saturated rings. The van der Waals surface area contributed by atoms with Gasteiger partial charge < -0.3 is 19.3 Å². The predicted octanol–water partition coefficient (Wildman–Crippen LogP) is 1.87. The molecule has 17 heavy (non-hydrogen) atoms. The molecule has 4 atom stereocenters. The minimum Gasteiger partial charge on any atom is -0.393 e. The molecule has 1 heterocycles. The summed E-state index contributed by atoms with van der Waals surface area (Å²) in [5.41, 5.74) is 0. The number of ether oxygens (including phenoxy) is 3. The summed E-state index contributed by atoms with van der Waals surface area (Å²) < 4.78 is 16.4. The quantitative estimate of drug-likeness (QED) is 0.548. The normalized spacial score (nSPS) is 31.1. The zero-order chi connectivity index (χ0) is 12.7. The Balaban J connectivity index is 2.48. The van der Waals surface area contributed by atoms with Crippen LogP contribution >= 0.6 is 0 Å². The van der Waals surface area contributed by atoms with Crippen molar-refractivity contribution in [3.8, 4) is 0 Å². The fourth-order valence-electron chi connectivity index (χ4n) is 2.19. The highest BCUT2D eigenvalue weighted by Crippen LogP contribution is 2.27. The van der Waals surface area contributed by atoms with Gasteiger partial charge in [0, 0.05) is 13.5 Å². The van der Waals surface area contributed by atoms with Crippen molar-refractivity contribution in [3.63, 3.8) is 0 Å². The Morgan fingerprint density at radius 2 is 2.29 bits per heavy atom. The number of aliphatic hydroxyl groups excluding tert-OH is 1. The fourth-order valence-corrected chi connectivity index (χ4v) is 2.19. The highest BCUT2D eigenvalue weighted by molar-refractivity contribution is 4.84. The Kier molecular flexibility index (Phi) is 6.73. The van der Waals surface area contributed by atoms with Gasteiger partial charge in [0.05, 0.1) is 24.4 Å². The van der Waals surface area contributed by atoms with Gasteiger partial charge in [0.25, 0.3) is 0 Å². The first-order valence-corrected chi connectivity index (χ1v) is 6.22. The Morgan fingerprint density at radius 3 is 2.88 bits per heavy atom. The zero-order valence-corrected chi connectivity index (χ0v) is 10.8. The van der Waals surface area contributed by atoms with E-state index < -0.39 is 0 Å². The molecule has 4 heteroatoms. The standard InChI is InChI=1S/C13H24O4/c1-4-5-11-6-7-12(16-9-15-3)13(17-11)8-10(2)14/h4,10-14H,1,5-9H2,2-3H3/t10-,11+,12-,13+/m0/s1. The molecule has 0 aromatic heterocycles. The third-order valence-corrected chi connectivity index (χ3v) is 2.96. The number of methoxy groups -OCH3 is 1. The molecule has 0 aromatic rings. The molecule has 1 saturated heterocycles. The molecule has 1 aliphatic heterocycles. The van der Waals surface area contributed by atoms with Crippen LogP contribution in [0.5, 0.6) is 0 Å². The number of rotatable bonds is 7. The highest BCUT2D eigenvalue weighted by atomic mass is 16.7. The molecule has 0 aromatic carbocycles. The summed E-state index contributed by atoms with van der Waals surface area (Å²) in [4.78, 5) is 0. The maximum Gasteiger partial charge on any atom is 0.146 e. The summed E-state index contributed by atoms with van der Waals surface area (Å²) in [5, 5.41) is 9.48. The Hall–Kier alpha value is -0.420. The van der Waals surface area contributed by atoms with E-state index in [2.05, 4.69) is 6.58 Å². The SMILES string of the molecule is C=CC[C@@H]1CC[C@H](OCOC)[C@@H](C[C@H](C)O)O1. The van der Waals surface area contributed by atoms with Crippen LogP contribution in [0.2, 0.25) is 0 Å². The van der Waals surface area contributed by atoms with Gasteiger partial charge in [0.2, 0.25) is 0 Å². The maximum absolute atomic E-state index is 9.48. The average molecular weight is 244 g/mol. The summed E-state index contributed by atoms with van der Waals surface area (Å²) in [6, 6.07) is 0. The van der Waals surface area contributed by atoms with E-state index in [1.165, 1.54) is 0 Å². The van der Waals surface area contributed by atoms with Crippen LogP contribution in [-0.2, 0) is 14.2 Å². The van der Waals surface area contributed by atoms with E-state index in [1.54, 1.807) is 14.0 Å². The van der Waals surface area contributed by atoms with Crippen molar-refractivity contribution in [2.45, 2.75) is 57.0 Å². The monoisotopic (exact) mass is 244 g/mol. The van der Waals surface area contributed by atoms with Gasteiger partial charge in [-0.15, -0.1) is 6.58 Å². The van der Waals surface area contributed by atoms with Gasteiger partial charge in [0.1, 0.15) is 6.79 Å². The van der Waals surface area contributed by atoms with Crippen LogP contribution in [0.25, 0.3) is 0 Å². The molecule has 0 saturated carbocycles. The lowest BCUT2D eigenvalue weighted by Gasteiger charge is -2.36. The second-order valence-corrected chi connectivity index (χ2v) is 4.59. The lowest BCUT2D eigenvalue weighted by molar-refractivity contribution is -0.177. The van der Waals surface area contributed by atoms with Crippen LogP contribution in [0.15, 0.2) is 12.7 Å². The zero-order valence-electron chi connectivity index (χ0n) is 10.8. The Morgan fingerprint density at radius 1 is 1.53 bits per heavy atom. The van der Waals surface area contributed by atoms with E-state index in [1.807, 2.05) is 6.08 Å². The molecule has 100 valence electrons. The number of hydrogen-bond acceptors (Lipinski definition) is 4. The second-order valence-electron chi connectivity index (χ2n) is 4.59. The third-order valence-electron chi connectivity index (χ3n) is 2.96. The van der Waals surface area contributed by atoms with Crippen LogP contribution in [0, 0.1) is 0 Å². The summed E-state index contributed by atoms with van der Waals surface area (Å²) in [6.07, 6.45) is 5.04. The van der Waals surface area contributed by atoms with Crippen molar-refractivity contribution in [2.24, 2.45) is 0 Å². The third kappa shape index (κ3) is 5.17. The first kappa shape index (κ1) is 14.6. The summed E-state index contributed by atoms with van der Waals surface area (Å²) in [7, 11) is 1.61. The van der Waals surface area contributed by atoms with E-state index in [0.717, 1.165) is 19.3 Å². The van der Waals surface area contributed by atoms with Gasteiger partial charge in [-0.25, -0.2) is 0 Å². The van der Waals surface area contributed by atoms with Crippen molar-refractivity contribution in [1.82, 2.24) is 0 Å². The molecule has 0 bridgehead atoms. The molecule has 0 amide bonds. The van der Waals surface area contributed by atoms with E-state index in [4.69, 9.17) is 14.2 Å². The second kappa shape index (κ2) is 7.82. The van der Waals surface area contributed by atoms with Crippen molar-refractivity contribution in [3.05, 3.63) is 12.7 Å². The van der Waals surface area contributed by atoms with Crippen LogP contribution in [0.4, 0.5) is 0 Å². The Labute approximate surface area is 104 Å². The number of aliphatic hydroxyl groups is 1. The summed E-state index contributed by atoms with van der Waals surface area (Å²) in [5.74, 6) is 0. The molecule has 4 nitrogen and oxygen atoms in total. The smallest absolute Gasteiger partial charge is 0.146 e. The molecule has 1 rings (SSSR count). The van der Waals surface area contributed by atoms with Crippen LogP contribution in [0.3, 0.4) is 0 Å². The van der Waals surface area contributed by atoms with Crippen molar-refractivity contribution in [2.75, 3.05) is 13.9 Å². The van der Waals surface area contributed by atoms with Gasteiger partial charge >= 0.3 is 0 Å². The minimum absolute atomic E-state index is 0.0191. The predicted molar refractivity (Wildman–Crippen MR) is 65.8 cm³/mol. The maximum atomic E-state index is 9.48. The highest BCUT2D eigenvalue weighted by Gasteiger charge is 2.32. The van der Waals surface area contributed by atoms with E-state index in [0.29, 0.717) is 6.42 Å². The van der Waals surface area contributed by atoms with E-state index in [-0.39, 0.29) is 31.2 Å². The van der Waals surface area contributed by atoms with Crippen LogP contribution < -0.4 is 0 Å². The van der Waals surface area contributed by atoms with Crippen LogP contribution in [0.1, 0.15) is 32.6 Å². The molecule has 1 aliphatic rings. The lowest BCUT2D eigenvalue weighted by Crippen LogP contribution is -2.42. The first-order chi connectivity index (χ1) is 8.17. The minimum atomic E-state index is -0.379. The molecule has 0 spiro atoms. The summed E-state index contributed by atoms with van der Waals surface area (Å²) in [6.45, 7) is 5.77. The van der Waals surface area contributed by atoms with Gasteiger partial charge in [-0.1, -0.05) is 6.08 Å². The fraction of sp³-hybridized carbons (Fsp3) is 0.846. The molecule has 0 unspecified atom stereocenters. The van der Waals surface area contributed by atoms with Gasteiger partial charge in [-0.3, -0.25) is 0 Å². The average Bonchev–Trinajstić information content (AvgIpc) is 2.28. The van der Waals surface area contributed by atoms with Crippen molar-refractivity contribution in [1.29, 1.82) is 0 Å². The molecule has 1 N–H and O–H groups in total. The van der Waals surface area contributed by atoms with Gasteiger partial charge in [-0.2, -0.15) is 0 Å². The van der Waals surface area contributed by atoms with Crippen molar-refractivity contribution < 1.29 is 19.3 Å². The first-order valence-electron chi connectivity index (χ1n) is 6.22. The Bertz CT molecular complexity index is 217. The molecule has 0 radical (unpaired) electrons. The largest absolute Gasteiger partial charge is 0.393 e. The molecular weight excluding hydrogens is 220 g/mol. The molecular formula is C13H24O4. The van der Waals surface area contributed by atoms with Gasteiger partial charge in [0.15, 0.2) is 0 Å². The van der Waals surface area contributed by atoms with E-state index in [9.17, 15) is 5.11 Å². The lowest BCUT2D eigenvalue weighted by atomic mass is 9.96. The van der Waals surface area contributed by atoms with Crippen LogP contribution in [-0.4, -0.2) is 43.4 Å². The van der Waals surface area contributed by atoms with Gasteiger partial charge in [-0.05, 0) is 26.2 Å². The van der Waals surface area contributed by atoms with E-state index >= 15 is 0 Å². The topological polar surface area (TPSA) is 47.9 Å². The summed E-state index contributed by atoms with van der Waals surface area (Å²) >= 11 is 0. The van der Waals surface area contributed by atoms with Crippen molar-refractivity contribution >= 4 is 0 Å².